The number of thioether (sulfide) groups is 1. The first-order valence-electron chi connectivity index (χ1n) is 7.79. The first kappa shape index (κ1) is 17.6. The zero-order valence-corrected chi connectivity index (χ0v) is 14.6. The normalized spacial score (nSPS) is 10.7. The van der Waals surface area contributed by atoms with Crippen molar-refractivity contribution >= 4 is 17.7 Å². The molecule has 0 unspecified atom stereocenters. The number of carbonyl (C=O) groups excluding carboxylic acids is 1. The van der Waals surface area contributed by atoms with E-state index in [1.165, 1.54) is 5.56 Å². The van der Waals surface area contributed by atoms with Gasteiger partial charge in [-0.25, -0.2) is 0 Å². The molecule has 0 aliphatic carbocycles. The Bertz CT molecular complexity index is 587. The van der Waals surface area contributed by atoms with Crippen LogP contribution in [0.1, 0.15) is 5.56 Å². The molecule has 1 amide bonds. The molecular weight excluding hydrogens is 304 g/mol. The van der Waals surface area contributed by atoms with E-state index in [0.29, 0.717) is 12.3 Å². The summed E-state index contributed by atoms with van der Waals surface area (Å²) in [6, 6.07) is 20.2. The van der Waals surface area contributed by atoms with Crippen LogP contribution in [0.15, 0.2) is 65.6 Å². The van der Waals surface area contributed by atoms with E-state index >= 15 is 0 Å². The van der Waals surface area contributed by atoms with E-state index in [-0.39, 0.29) is 5.91 Å². The lowest BCUT2D eigenvalue weighted by Gasteiger charge is -2.24. The summed E-state index contributed by atoms with van der Waals surface area (Å²) in [5.74, 6) is 0.661. The molecule has 0 atom stereocenters. The number of rotatable bonds is 8. The van der Waals surface area contributed by atoms with Gasteiger partial charge in [0.15, 0.2) is 0 Å². The number of likely N-dealkylation sites (N-methyl/N-ethyl adjacent to an activating group) is 1. The van der Waals surface area contributed by atoms with Gasteiger partial charge in [-0.05, 0) is 31.8 Å². The van der Waals surface area contributed by atoms with Crippen molar-refractivity contribution in [2.45, 2.75) is 11.4 Å². The molecule has 0 radical (unpaired) electrons. The highest BCUT2D eigenvalue weighted by Crippen LogP contribution is 2.18. The summed E-state index contributed by atoms with van der Waals surface area (Å²) < 4.78 is 0. The standard InChI is InChI=1S/C19H24N2OS/c1-20(2)13-14-21(15-17-9-5-3-6-10-17)19(22)16-23-18-11-7-4-8-12-18/h3-12H,13-16H2,1-2H3. The molecule has 0 heterocycles. The molecule has 122 valence electrons. The van der Waals surface area contributed by atoms with Gasteiger partial charge < -0.3 is 9.80 Å². The summed E-state index contributed by atoms with van der Waals surface area (Å²) >= 11 is 1.60. The predicted octanol–water partition coefficient (Wildman–Crippen LogP) is 3.37. The van der Waals surface area contributed by atoms with Crippen LogP contribution >= 0.6 is 11.8 Å². The summed E-state index contributed by atoms with van der Waals surface area (Å²) in [5.41, 5.74) is 1.17. The van der Waals surface area contributed by atoms with E-state index in [1.807, 2.05) is 67.5 Å². The Morgan fingerprint density at radius 2 is 1.52 bits per heavy atom. The van der Waals surface area contributed by atoms with Crippen molar-refractivity contribution in [1.29, 1.82) is 0 Å². The number of hydrogen-bond donors (Lipinski definition) is 0. The largest absolute Gasteiger partial charge is 0.336 e. The lowest BCUT2D eigenvalue weighted by atomic mass is 10.2. The lowest BCUT2D eigenvalue weighted by Crippen LogP contribution is -2.37. The summed E-state index contributed by atoms with van der Waals surface area (Å²) in [6.07, 6.45) is 0. The van der Waals surface area contributed by atoms with E-state index in [0.717, 1.165) is 18.0 Å². The Hall–Kier alpha value is -1.78. The maximum Gasteiger partial charge on any atom is 0.233 e. The third kappa shape index (κ3) is 6.47. The zero-order chi connectivity index (χ0) is 16.5. The van der Waals surface area contributed by atoms with Crippen LogP contribution in [0, 0.1) is 0 Å². The average molecular weight is 328 g/mol. The third-order valence-electron chi connectivity index (χ3n) is 3.49. The fraction of sp³-hybridized carbons (Fsp3) is 0.316. The SMILES string of the molecule is CN(C)CCN(Cc1ccccc1)C(=O)CSc1ccccc1. The minimum Gasteiger partial charge on any atom is -0.336 e. The monoisotopic (exact) mass is 328 g/mol. The van der Waals surface area contributed by atoms with E-state index in [9.17, 15) is 4.79 Å². The van der Waals surface area contributed by atoms with Crippen molar-refractivity contribution in [3.05, 3.63) is 66.2 Å². The molecule has 0 aliphatic heterocycles. The van der Waals surface area contributed by atoms with E-state index < -0.39 is 0 Å². The van der Waals surface area contributed by atoms with Crippen LogP contribution in [0.5, 0.6) is 0 Å². The van der Waals surface area contributed by atoms with Gasteiger partial charge in [-0.15, -0.1) is 11.8 Å². The smallest absolute Gasteiger partial charge is 0.233 e. The quantitative estimate of drug-likeness (QED) is 0.694. The van der Waals surface area contributed by atoms with Crippen LogP contribution in [0.2, 0.25) is 0 Å². The van der Waals surface area contributed by atoms with Gasteiger partial charge in [-0.2, -0.15) is 0 Å². The van der Waals surface area contributed by atoms with E-state index in [2.05, 4.69) is 17.0 Å². The Balaban J connectivity index is 1.95. The highest BCUT2D eigenvalue weighted by atomic mass is 32.2. The van der Waals surface area contributed by atoms with E-state index in [1.54, 1.807) is 11.8 Å². The topological polar surface area (TPSA) is 23.6 Å². The van der Waals surface area contributed by atoms with Crippen LogP contribution in [0.4, 0.5) is 0 Å². The molecule has 2 aromatic carbocycles. The van der Waals surface area contributed by atoms with Gasteiger partial charge in [-0.3, -0.25) is 4.79 Å². The first-order valence-corrected chi connectivity index (χ1v) is 8.78. The van der Waals surface area contributed by atoms with Crippen LogP contribution < -0.4 is 0 Å². The fourth-order valence-electron chi connectivity index (χ4n) is 2.17. The molecule has 2 rings (SSSR count). The number of amides is 1. The van der Waals surface area contributed by atoms with Crippen LogP contribution in [-0.4, -0.2) is 48.6 Å². The molecule has 2 aromatic rings. The molecule has 0 saturated heterocycles. The summed E-state index contributed by atoms with van der Waals surface area (Å²) in [7, 11) is 4.06. The second-order valence-corrected chi connectivity index (χ2v) is 6.75. The molecule has 0 saturated carbocycles. The summed E-state index contributed by atoms with van der Waals surface area (Å²) in [4.78, 5) is 17.8. The van der Waals surface area contributed by atoms with Crippen molar-refractivity contribution < 1.29 is 4.79 Å². The summed E-state index contributed by atoms with van der Waals surface area (Å²) in [6.45, 7) is 2.29. The van der Waals surface area contributed by atoms with Gasteiger partial charge >= 0.3 is 0 Å². The van der Waals surface area contributed by atoms with Crippen molar-refractivity contribution in [2.75, 3.05) is 32.9 Å². The minimum atomic E-state index is 0.185. The Morgan fingerprint density at radius 1 is 0.913 bits per heavy atom. The maximum atomic E-state index is 12.6. The van der Waals surface area contributed by atoms with Gasteiger partial charge in [0.05, 0.1) is 5.75 Å². The van der Waals surface area contributed by atoms with Gasteiger partial charge in [0.25, 0.3) is 0 Å². The Kier molecular flexibility index (Phi) is 7.17. The Labute approximate surface area is 143 Å². The summed E-state index contributed by atoms with van der Waals surface area (Å²) in [5, 5.41) is 0. The van der Waals surface area contributed by atoms with Crippen molar-refractivity contribution in [1.82, 2.24) is 9.80 Å². The fourth-order valence-corrected chi connectivity index (χ4v) is 2.99. The average Bonchev–Trinajstić information content (AvgIpc) is 2.58. The molecule has 0 N–H and O–H groups in total. The number of hydrogen-bond acceptors (Lipinski definition) is 3. The molecule has 0 bridgehead atoms. The molecule has 0 aromatic heterocycles. The van der Waals surface area contributed by atoms with Gasteiger partial charge in [0, 0.05) is 24.5 Å². The highest BCUT2D eigenvalue weighted by Gasteiger charge is 2.14. The second-order valence-electron chi connectivity index (χ2n) is 5.71. The minimum absolute atomic E-state index is 0.185. The van der Waals surface area contributed by atoms with Gasteiger partial charge in [0.1, 0.15) is 0 Å². The Morgan fingerprint density at radius 3 is 2.13 bits per heavy atom. The predicted molar refractivity (Wildman–Crippen MR) is 97.6 cm³/mol. The van der Waals surface area contributed by atoms with Crippen molar-refractivity contribution in [2.24, 2.45) is 0 Å². The van der Waals surface area contributed by atoms with Gasteiger partial charge in [0.2, 0.25) is 5.91 Å². The molecule has 23 heavy (non-hydrogen) atoms. The number of benzene rings is 2. The van der Waals surface area contributed by atoms with E-state index in [4.69, 9.17) is 0 Å². The molecular formula is C19H24N2OS. The first-order chi connectivity index (χ1) is 11.1. The van der Waals surface area contributed by atoms with Crippen LogP contribution in [0.25, 0.3) is 0 Å². The lowest BCUT2D eigenvalue weighted by molar-refractivity contribution is -0.129. The highest BCUT2D eigenvalue weighted by molar-refractivity contribution is 8.00. The molecule has 4 heteroatoms. The second kappa shape index (κ2) is 9.38. The number of carbonyl (C=O) groups is 1. The van der Waals surface area contributed by atoms with Crippen molar-refractivity contribution in [3.63, 3.8) is 0 Å². The van der Waals surface area contributed by atoms with Gasteiger partial charge in [-0.1, -0.05) is 48.5 Å². The number of nitrogens with zero attached hydrogens (tertiary/aromatic N) is 2. The zero-order valence-electron chi connectivity index (χ0n) is 13.8. The molecule has 0 spiro atoms. The third-order valence-corrected chi connectivity index (χ3v) is 4.49. The van der Waals surface area contributed by atoms with Crippen molar-refractivity contribution in [3.8, 4) is 0 Å². The molecule has 0 fully saturated rings. The molecule has 0 aliphatic rings. The van der Waals surface area contributed by atoms with Crippen LogP contribution in [0.3, 0.4) is 0 Å². The maximum absolute atomic E-state index is 12.6. The molecule has 3 nitrogen and oxygen atoms in total. The van der Waals surface area contributed by atoms with Crippen LogP contribution in [-0.2, 0) is 11.3 Å².